The molecule has 2 aromatic heterocycles. The molecule has 3 rings (SSSR count). The molecule has 0 unspecified atom stereocenters. The number of anilines is 1. The minimum absolute atomic E-state index is 0.0296. The fourth-order valence-electron chi connectivity index (χ4n) is 2.45. The van der Waals surface area contributed by atoms with Gasteiger partial charge in [0.1, 0.15) is 0 Å². The largest absolute Gasteiger partial charge is 0.349 e. The first-order valence-corrected chi connectivity index (χ1v) is 8.83. The van der Waals surface area contributed by atoms with E-state index in [0.29, 0.717) is 30.2 Å². The van der Waals surface area contributed by atoms with E-state index in [9.17, 15) is 9.59 Å². The van der Waals surface area contributed by atoms with Gasteiger partial charge in [-0.25, -0.2) is 0 Å². The molecule has 144 valence electrons. The SMILES string of the molecule is CN(C)C(=O)Cc1ccc(NC(=O)CCc2nc(-c3cccnc3)no2)cc1. The third-order valence-corrected chi connectivity index (χ3v) is 4.05. The first-order valence-electron chi connectivity index (χ1n) is 8.83. The molecule has 0 fully saturated rings. The van der Waals surface area contributed by atoms with Crippen LogP contribution in [0.3, 0.4) is 0 Å². The number of aromatic nitrogens is 3. The molecule has 0 aliphatic rings. The number of aryl methyl sites for hydroxylation is 1. The fraction of sp³-hybridized carbons (Fsp3) is 0.250. The summed E-state index contributed by atoms with van der Waals surface area (Å²) in [5.74, 6) is 0.721. The molecule has 28 heavy (non-hydrogen) atoms. The van der Waals surface area contributed by atoms with E-state index in [1.807, 2.05) is 18.2 Å². The molecule has 0 atom stereocenters. The van der Waals surface area contributed by atoms with Gasteiger partial charge in [0.25, 0.3) is 0 Å². The highest BCUT2D eigenvalue weighted by Crippen LogP contribution is 2.15. The standard InChI is InChI=1S/C20H21N5O3/c1-25(2)19(27)12-14-5-7-16(8-6-14)22-17(26)9-10-18-23-20(24-28-18)15-4-3-11-21-13-15/h3-8,11,13H,9-10,12H2,1-2H3,(H,22,26). The molecule has 8 heteroatoms. The summed E-state index contributed by atoms with van der Waals surface area (Å²) < 4.78 is 5.19. The minimum Gasteiger partial charge on any atom is -0.349 e. The number of hydrogen-bond donors (Lipinski definition) is 1. The predicted molar refractivity (Wildman–Crippen MR) is 103 cm³/mol. The first-order chi connectivity index (χ1) is 13.5. The molecule has 0 saturated heterocycles. The third kappa shape index (κ3) is 5.23. The van der Waals surface area contributed by atoms with Crippen molar-refractivity contribution in [2.24, 2.45) is 0 Å². The van der Waals surface area contributed by atoms with Gasteiger partial charge in [-0.05, 0) is 29.8 Å². The molecule has 8 nitrogen and oxygen atoms in total. The smallest absolute Gasteiger partial charge is 0.227 e. The van der Waals surface area contributed by atoms with E-state index >= 15 is 0 Å². The Kier molecular flexibility index (Phi) is 6.11. The molecular formula is C20H21N5O3. The number of carbonyl (C=O) groups is 2. The molecule has 0 bridgehead atoms. The summed E-state index contributed by atoms with van der Waals surface area (Å²) in [6, 6.07) is 10.8. The van der Waals surface area contributed by atoms with Crippen LogP contribution in [0.1, 0.15) is 17.9 Å². The second-order valence-electron chi connectivity index (χ2n) is 6.46. The van der Waals surface area contributed by atoms with E-state index in [4.69, 9.17) is 4.52 Å². The van der Waals surface area contributed by atoms with Gasteiger partial charge >= 0.3 is 0 Å². The predicted octanol–water partition coefficient (Wildman–Crippen LogP) is 2.33. The Labute approximate surface area is 162 Å². The van der Waals surface area contributed by atoms with Crippen LogP contribution < -0.4 is 5.32 Å². The molecule has 1 aromatic carbocycles. The molecule has 2 amide bonds. The topological polar surface area (TPSA) is 101 Å². The van der Waals surface area contributed by atoms with Crippen LogP contribution in [-0.2, 0) is 22.4 Å². The number of nitrogens with zero attached hydrogens (tertiary/aromatic N) is 4. The Bertz CT molecular complexity index is 936. The molecule has 0 spiro atoms. The monoisotopic (exact) mass is 379 g/mol. The van der Waals surface area contributed by atoms with Crippen LogP contribution in [0.2, 0.25) is 0 Å². The average Bonchev–Trinajstić information content (AvgIpc) is 3.17. The van der Waals surface area contributed by atoms with Crippen molar-refractivity contribution in [1.29, 1.82) is 0 Å². The Morgan fingerprint density at radius 3 is 2.61 bits per heavy atom. The maximum Gasteiger partial charge on any atom is 0.227 e. The number of likely N-dealkylation sites (N-methyl/N-ethyl adjacent to an activating group) is 1. The van der Waals surface area contributed by atoms with Crippen LogP contribution in [0.5, 0.6) is 0 Å². The van der Waals surface area contributed by atoms with Gasteiger partial charge in [-0.2, -0.15) is 4.98 Å². The lowest BCUT2D eigenvalue weighted by atomic mass is 10.1. The molecule has 0 radical (unpaired) electrons. The van der Waals surface area contributed by atoms with Crippen molar-refractivity contribution in [2.75, 3.05) is 19.4 Å². The summed E-state index contributed by atoms with van der Waals surface area (Å²) >= 11 is 0. The summed E-state index contributed by atoms with van der Waals surface area (Å²) in [4.78, 5) is 33.7. The summed E-state index contributed by atoms with van der Waals surface area (Å²) in [7, 11) is 3.44. The van der Waals surface area contributed by atoms with Gasteiger partial charge in [-0.15, -0.1) is 0 Å². The van der Waals surface area contributed by atoms with Crippen molar-refractivity contribution < 1.29 is 14.1 Å². The number of benzene rings is 1. The van der Waals surface area contributed by atoms with Gasteiger partial charge in [-0.1, -0.05) is 17.3 Å². The van der Waals surface area contributed by atoms with Crippen LogP contribution in [0.4, 0.5) is 5.69 Å². The number of rotatable bonds is 7. The Balaban J connectivity index is 1.49. The summed E-state index contributed by atoms with van der Waals surface area (Å²) in [6.45, 7) is 0. The molecule has 3 aromatic rings. The van der Waals surface area contributed by atoms with Crippen LogP contribution in [-0.4, -0.2) is 45.9 Å². The van der Waals surface area contributed by atoms with Crippen molar-refractivity contribution in [2.45, 2.75) is 19.3 Å². The Hall–Kier alpha value is -3.55. The molecule has 0 aliphatic heterocycles. The second-order valence-corrected chi connectivity index (χ2v) is 6.46. The number of amides is 2. The second kappa shape index (κ2) is 8.90. The van der Waals surface area contributed by atoms with Crippen molar-refractivity contribution in [3.63, 3.8) is 0 Å². The average molecular weight is 379 g/mol. The van der Waals surface area contributed by atoms with Crippen molar-refractivity contribution in [3.05, 3.63) is 60.2 Å². The number of carbonyl (C=O) groups excluding carboxylic acids is 2. The minimum atomic E-state index is -0.154. The maximum atomic E-state index is 12.1. The number of nitrogens with one attached hydrogen (secondary N) is 1. The highest BCUT2D eigenvalue weighted by molar-refractivity contribution is 5.90. The van der Waals surface area contributed by atoms with Gasteiger partial charge in [0.15, 0.2) is 0 Å². The normalized spacial score (nSPS) is 10.5. The van der Waals surface area contributed by atoms with Crippen molar-refractivity contribution >= 4 is 17.5 Å². The molecule has 0 saturated carbocycles. The highest BCUT2D eigenvalue weighted by Gasteiger charge is 2.11. The summed E-state index contributed by atoms with van der Waals surface area (Å²) in [5.41, 5.74) is 2.33. The third-order valence-electron chi connectivity index (χ3n) is 4.05. The molecule has 1 N–H and O–H groups in total. The quantitative estimate of drug-likeness (QED) is 0.676. The number of hydrogen-bond acceptors (Lipinski definition) is 6. The van der Waals surface area contributed by atoms with E-state index in [2.05, 4.69) is 20.4 Å². The maximum absolute atomic E-state index is 12.1. The lowest BCUT2D eigenvalue weighted by Gasteiger charge is -2.10. The molecule has 2 heterocycles. The summed E-state index contributed by atoms with van der Waals surface area (Å²) in [6.07, 6.45) is 4.21. The van der Waals surface area contributed by atoms with Crippen LogP contribution >= 0.6 is 0 Å². The van der Waals surface area contributed by atoms with Gasteiger partial charge in [0.05, 0.1) is 6.42 Å². The van der Waals surface area contributed by atoms with Crippen molar-refractivity contribution in [3.8, 4) is 11.4 Å². The zero-order valence-electron chi connectivity index (χ0n) is 15.8. The van der Waals surface area contributed by atoms with Gasteiger partial charge < -0.3 is 14.7 Å². The van der Waals surface area contributed by atoms with Crippen LogP contribution in [0.25, 0.3) is 11.4 Å². The molecule has 0 aliphatic carbocycles. The summed E-state index contributed by atoms with van der Waals surface area (Å²) in [5, 5.41) is 6.73. The highest BCUT2D eigenvalue weighted by atomic mass is 16.5. The van der Waals surface area contributed by atoms with Crippen LogP contribution in [0.15, 0.2) is 53.3 Å². The molecular weight excluding hydrogens is 358 g/mol. The van der Waals surface area contributed by atoms with Gasteiger partial charge in [-0.3, -0.25) is 14.6 Å². The Morgan fingerprint density at radius 1 is 1.14 bits per heavy atom. The van der Waals surface area contributed by atoms with E-state index in [-0.39, 0.29) is 18.2 Å². The van der Waals surface area contributed by atoms with Crippen molar-refractivity contribution in [1.82, 2.24) is 20.0 Å². The number of pyridine rings is 1. The van der Waals surface area contributed by atoms with Crippen LogP contribution in [0, 0.1) is 0 Å². The van der Waals surface area contributed by atoms with Gasteiger partial charge in [0, 0.05) is 50.6 Å². The van der Waals surface area contributed by atoms with E-state index in [0.717, 1.165) is 11.1 Å². The fourth-order valence-corrected chi connectivity index (χ4v) is 2.45. The Morgan fingerprint density at radius 2 is 1.93 bits per heavy atom. The first kappa shape index (κ1) is 19.2. The zero-order chi connectivity index (χ0) is 19.9. The lowest BCUT2D eigenvalue weighted by Crippen LogP contribution is -2.23. The lowest BCUT2D eigenvalue weighted by molar-refractivity contribution is -0.128. The van der Waals surface area contributed by atoms with Gasteiger partial charge in [0.2, 0.25) is 23.5 Å². The zero-order valence-corrected chi connectivity index (χ0v) is 15.8. The van der Waals surface area contributed by atoms with E-state index < -0.39 is 0 Å². The van der Waals surface area contributed by atoms with E-state index in [1.165, 1.54) is 0 Å². The van der Waals surface area contributed by atoms with E-state index in [1.54, 1.807) is 49.6 Å².